The first-order chi connectivity index (χ1) is 8.54. The van der Waals surface area contributed by atoms with Gasteiger partial charge in [0.1, 0.15) is 0 Å². The number of hydrogen-bond acceptors (Lipinski definition) is 3. The summed E-state index contributed by atoms with van der Waals surface area (Å²) in [4.78, 5) is 11.0. The summed E-state index contributed by atoms with van der Waals surface area (Å²) < 4.78 is 6.29. The lowest BCUT2D eigenvalue weighted by atomic mass is 9.85. The molecule has 0 aliphatic heterocycles. The molecule has 0 aromatic rings. The van der Waals surface area contributed by atoms with E-state index in [9.17, 15) is 9.90 Å². The standard InChI is InChI=1S/C15H28O3Si/c1-11(14(16)17)12-8-7-9-13(10-12)18-19(5,6)15(2,3)4/h10-12H,7-9H2,1-6H3,(H,16,17)/p-1. The minimum absolute atomic E-state index is 0.0542. The SMILES string of the molecule is CC(C(=O)[O-])C1C=C(O[Si](C)(C)C(C)(C)C)CCC1. The molecule has 4 heteroatoms. The Kier molecular flexibility index (Phi) is 4.88. The van der Waals surface area contributed by atoms with E-state index in [0.29, 0.717) is 0 Å². The molecule has 2 atom stereocenters. The lowest BCUT2D eigenvalue weighted by Crippen LogP contribution is -2.41. The fraction of sp³-hybridized carbons (Fsp3) is 0.800. The van der Waals surface area contributed by atoms with Gasteiger partial charge in [-0.05, 0) is 43.0 Å². The molecular weight excluding hydrogens is 256 g/mol. The van der Waals surface area contributed by atoms with Gasteiger partial charge in [0.15, 0.2) is 0 Å². The number of carbonyl (C=O) groups is 1. The van der Waals surface area contributed by atoms with Crippen molar-refractivity contribution in [3.63, 3.8) is 0 Å². The van der Waals surface area contributed by atoms with Gasteiger partial charge >= 0.3 is 0 Å². The van der Waals surface area contributed by atoms with Crippen molar-refractivity contribution in [3.8, 4) is 0 Å². The van der Waals surface area contributed by atoms with Crippen LogP contribution in [-0.2, 0) is 9.22 Å². The summed E-state index contributed by atoms with van der Waals surface area (Å²) in [6, 6.07) is 0. The van der Waals surface area contributed by atoms with Gasteiger partial charge in [-0.2, -0.15) is 0 Å². The number of hydrogen-bond donors (Lipinski definition) is 0. The van der Waals surface area contributed by atoms with E-state index < -0.39 is 20.2 Å². The Hall–Kier alpha value is -0.773. The van der Waals surface area contributed by atoms with Gasteiger partial charge in [-0.25, -0.2) is 0 Å². The Bertz CT molecular complexity index is 366. The van der Waals surface area contributed by atoms with Gasteiger partial charge in [-0.3, -0.25) is 0 Å². The molecular formula is C15H27O3Si-. The second kappa shape index (κ2) is 5.69. The van der Waals surface area contributed by atoms with Gasteiger partial charge in [0.25, 0.3) is 0 Å². The van der Waals surface area contributed by atoms with Crippen LogP contribution in [0.3, 0.4) is 0 Å². The predicted molar refractivity (Wildman–Crippen MR) is 77.9 cm³/mol. The highest BCUT2D eigenvalue weighted by atomic mass is 28.4. The third-order valence-corrected chi connectivity index (χ3v) is 8.95. The molecule has 2 unspecified atom stereocenters. The molecule has 110 valence electrons. The molecule has 0 amide bonds. The predicted octanol–water partition coefficient (Wildman–Crippen LogP) is 3.08. The van der Waals surface area contributed by atoms with Crippen molar-refractivity contribution in [1.29, 1.82) is 0 Å². The second-order valence-electron chi connectivity index (χ2n) is 7.16. The number of carboxylic acid groups (broad SMARTS) is 1. The Balaban J connectivity index is 2.81. The minimum atomic E-state index is -1.82. The maximum absolute atomic E-state index is 11.0. The summed E-state index contributed by atoms with van der Waals surface area (Å²) in [6.07, 6.45) is 4.88. The van der Waals surface area contributed by atoms with Crippen LogP contribution in [0.25, 0.3) is 0 Å². The molecule has 0 radical (unpaired) electrons. The molecule has 0 aromatic carbocycles. The lowest BCUT2D eigenvalue weighted by molar-refractivity contribution is -0.312. The van der Waals surface area contributed by atoms with E-state index in [1.165, 1.54) is 0 Å². The van der Waals surface area contributed by atoms with Crippen LogP contribution in [0, 0.1) is 11.8 Å². The molecule has 0 N–H and O–H groups in total. The van der Waals surface area contributed by atoms with Crippen molar-refractivity contribution in [2.24, 2.45) is 11.8 Å². The number of rotatable bonds is 4. The number of aliphatic carboxylic acids is 1. The molecule has 1 rings (SSSR count). The Labute approximate surface area is 118 Å². The number of carboxylic acids is 1. The van der Waals surface area contributed by atoms with Crippen LogP contribution in [0.5, 0.6) is 0 Å². The summed E-state index contributed by atoms with van der Waals surface area (Å²) in [5.74, 6) is -0.345. The molecule has 0 heterocycles. The van der Waals surface area contributed by atoms with Crippen LogP contribution in [0.4, 0.5) is 0 Å². The zero-order valence-corrected chi connectivity index (χ0v) is 14.1. The van der Waals surface area contributed by atoms with Crippen LogP contribution in [0.1, 0.15) is 47.0 Å². The summed E-state index contributed by atoms with van der Waals surface area (Å²) in [6.45, 7) is 12.8. The first-order valence-electron chi connectivity index (χ1n) is 7.15. The fourth-order valence-electron chi connectivity index (χ4n) is 2.05. The molecule has 19 heavy (non-hydrogen) atoms. The van der Waals surface area contributed by atoms with Crippen molar-refractivity contribution in [2.45, 2.75) is 65.1 Å². The van der Waals surface area contributed by atoms with Gasteiger partial charge in [0.05, 0.1) is 5.76 Å². The smallest absolute Gasteiger partial charge is 0.250 e. The summed E-state index contributed by atoms with van der Waals surface area (Å²) in [5, 5.41) is 11.1. The van der Waals surface area contributed by atoms with E-state index >= 15 is 0 Å². The zero-order chi connectivity index (χ0) is 14.8. The van der Waals surface area contributed by atoms with Gasteiger partial charge in [0, 0.05) is 18.3 Å². The minimum Gasteiger partial charge on any atom is -0.550 e. The molecule has 0 saturated heterocycles. The van der Waals surface area contributed by atoms with Gasteiger partial charge in [0.2, 0.25) is 8.32 Å². The normalized spacial score (nSPS) is 22.6. The van der Waals surface area contributed by atoms with Crippen molar-refractivity contribution in [2.75, 3.05) is 0 Å². The van der Waals surface area contributed by atoms with Gasteiger partial charge in [-0.1, -0.05) is 27.7 Å². The lowest BCUT2D eigenvalue weighted by Gasteiger charge is -2.39. The molecule has 0 aromatic heterocycles. The van der Waals surface area contributed by atoms with Crippen LogP contribution >= 0.6 is 0 Å². The average molecular weight is 283 g/mol. The van der Waals surface area contributed by atoms with E-state index in [1.807, 2.05) is 6.08 Å². The molecule has 0 spiro atoms. The largest absolute Gasteiger partial charge is 0.550 e. The molecule has 0 saturated carbocycles. The maximum Gasteiger partial charge on any atom is 0.250 e. The van der Waals surface area contributed by atoms with Crippen LogP contribution < -0.4 is 5.11 Å². The van der Waals surface area contributed by atoms with E-state index in [0.717, 1.165) is 25.0 Å². The highest BCUT2D eigenvalue weighted by molar-refractivity contribution is 6.74. The number of allylic oxidation sites excluding steroid dienone is 2. The van der Waals surface area contributed by atoms with E-state index in [-0.39, 0.29) is 11.0 Å². The van der Waals surface area contributed by atoms with Crippen LogP contribution in [0.2, 0.25) is 18.1 Å². The zero-order valence-electron chi connectivity index (χ0n) is 13.1. The third-order valence-electron chi connectivity index (χ3n) is 4.57. The van der Waals surface area contributed by atoms with Crippen molar-refractivity contribution < 1.29 is 14.3 Å². The highest BCUT2D eigenvalue weighted by Gasteiger charge is 2.39. The Morgan fingerprint density at radius 3 is 2.53 bits per heavy atom. The van der Waals surface area contributed by atoms with E-state index in [1.54, 1.807) is 6.92 Å². The topological polar surface area (TPSA) is 49.4 Å². The monoisotopic (exact) mass is 283 g/mol. The first-order valence-corrected chi connectivity index (χ1v) is 10.1. The Morgan fingerprint density at radius 1 is 1.47 bits per heavy atom. The summed E-state index contributed by atoms with van der Waals surface area (Å²) in [5.41, 5.74) is 0. The second-order valence-corrected chi connectivity index (χ2v) is 11.9. The van der Waals surface area contributed by atoms with Crippen molar-refractivity contribution in [1.82, 2.24) is 0 Å². The van der Waals surface area contributed by atoms with E-state index in [4.69, 9.17) is 4.43 Å². The fourth-order valence-corrected chi connectivity index (χ4v) is 3.18. The average Bonchev–Trinajstić information content (AvgIpc) is 2.26. The molecule has 0 fully saturated rings. The number of carbonyl (C=O) groups excluding carboxylic acids is 1. The first kappa shape index (κ1) is 16.3. The maximum atomic E-state index is 11.0. The Morgan fingerprint density at radius 2 is 2.05 bits per heavy atom. The molecule has 1 aliphatic carbocycles. The quantitative estimate of drug-likeness (QED) is 0.745. The summed E-state index contributed by atoms with van der Waals surface area (Å²) >= 11 is 0. The van der Waals surface area contributed by atoms with Gasteiger partial charge < -0.3 is 14.3 Å². The summed E-state index contributed by atoms with van der Waals surface area (Å²) in [7, 11) is -1.82. The van der Waals surface area contributed by atoms with Crippen LogP contribution in [-0.4, -0.2) is 14.3 Å². The molecule has 1 aliphatic rings. The van der Waals surface area contributed by atoms with E-state index in [2.05, 4.69) is 33.9 Å². The highest BCUT2D eigenvalue weighted by Crippen LogP contribution is 2.40. The van der Waals surface area contributed by atoms with Gasteiger partial charge in [-0.15, -0.1) is 0 Å². The third kappa shape index (κ3) is 4.10. The molecule has 0 bridgehead atoms. The van der Waals surface area contributed by atoms with Crippen LogP contribution in [0.15, 0.2) is 11.8 Å². The van der Waals surface area contributed by atoms with Crippen molar-refractivity contribution in [3.05, 3.63) is 11.8 Å². The van der Waals surface area contributed by atoms with Crippen molar-refractivity contribution >= 4 is 14.3 Å². The molecule has 3 nitrogen and oxygen atoms in total.